The first-order valence-electron chi connectivity index (χ1n) is 8.66. The average molecular weight is 475 g/mol. The number of ether oxygens (including phenoxy) is 1. The van der Waals surface area contributed by atoms with Crippen LogP contribution in [-0.4, -0.2) is 51.2 Å². The molecule has 0 spiro atoms. The van der Waals surface area contributed by atoms with Crippen LogP contribution >= 0.6 is 23.2 Å². The van der Waals surface area contributed by atoms with Gasteiger partial charge in [-0.25, -0.2) is 8.42 Å². The van der Waals surface area contributed by atoms with Crippen molar-refractivity contribution in [3.63, 3.8) is 0 Å². The van der Waals surface area contributed by atoms with Gasteiger partial charge in [-0.05, 0) is 37.3 Å². The van der Waals surface area contributed by atoms with Crippen LogP contribution in [0.15, 0.2) is 53.4 Å². The topological polar surface area (TPSA) is 113 Å². The molecule has 0 aliphatic rings. The fourth-order valence-corrected chi connectivity index (χ4v) is 3.98. The summed E-state index contributed by atoms with van der Waals surface area (Å²) in [7, 11) is -2.73. The first kappa shape index (κ1) is 24.1. The molecule has 0 bridgehead atoms. The van der Waals surface area contributed by atoms with E-state index in [1.165, 1.54) is 31.0 Å². The number of carbonyl (C=O) groups excluding carboxylic acids is 2. The molecule has 2 rings (SSSR count). The Labute approximate surface area is 184 Å². The Morgan fingerprint density at radius 1 is 1.13 bits per heavy atom. The molecule has 0 aliphatic heterocycles. The van der Waals surface area contributed by atoms with E-state index in [0.717, 1.165) is 6.07 Å². The smallest absolute Gasteiger partial charge is 0.327 e. The molecule has 11 heteroatoms. The Hall–Kier alpha value is -2.17. The number of hydrogen-bond donors (Lipinski definition) is 2. The molecule has 0 saturated heterocycles. The van der Waals surface area contributed by atoms with Crippen molar-refractivity contribution in [1.82, 2.24) is 4.72 Å². The molecule has 0 aliphatic carbocycles. The van der Waals surface area contributed by atoms with Crippen LogP contribution in [0.4, 0.5) is 5.69 Å². The van der Waals surface area contributed by atoms with Crippen LogP contribution in [0, 0.1) is 0 Å². The van der Waals surface area contributed by atoms with E-state index in [-0.39, 0.29) is 14.9 Å². The molecule has 0 aromatic heterocycles. The van der Waals surface area contributed by atoms with E-state index in [0.29, 0.717) is 5.69 Å². The zero-order valence-electron chi connectivity index (χ0n) is 16.1. The lowest BCUT2D eigenvalue weighted by Gasteiger charge is -2.21. The van der Waals surface area contributed by atoms with Crippen LogP contribution in [0.3, 0.4) is 0 Å². The minimum atomic E-state index is -4.24. The molecule has 8 nitrogen and oxygen atoms in total. The molecule has 2 N–H and O–H groups in total. The standard InChI is InChI=1S/C19H20Cl2N2O6S/c1-12(24)18(22-30(27,28)14-8-9-15(20)16(21)10-14)19(26)29-11-17(25)23(2)13-6-4-3-5-7-13/h3-10,12,18,22,24H,11H2,1-2H3. The minimum absolute atomic E-state index is 0.00487. The highest BCUT2D eigenvalue weighted by Crippen LogP contribution is 2.25. The van der Waals surface area contributed by atoms with E-state index in [1.807, 2.05) is 0 Å². The maximum atomic E-state index is 12.5. The van der Waals surface area contributed by atoms with Gasteiger partial charge in [0, 0.05) is 12.7 Å². The monoisotopic (exact) mass is 474 g/mol. The average Bonchev–Trinajstić information content (AvgIpc) is 2.71. The SMILES string of the molecule is CC(O)C(NS(=O)(=O)c1ccc(Cl)c(Cl)c1)C(=O)OCC(=O)N(C)c1ccccc1. The number of carbonyl (C=O) groups is 2. The van der Waals surface area contributed by atoms with E-state index < -0.39 is 40.7 Å². The summed E-state index contributed by atoms with van der Waals surface area (Å²) in [5.74, 6) is -1.64. The number of esters is 1. The van der Waals surface area contributed by atoms with Crippen molar-refractivity contribution < 1.29 is 27.9 Å². The number of benzene rings is 2. The van der Waals surface area contributed by atoms with E-state index in [1.54, 1.807) is 30.3 Å². The third kappa shape index (κ3) is 6.16. The van der Waals surface area contributed by atoms with Gasteiger partial charge in [-0.15, -0.1) is 0 Å². The molecule has 2 aromatic rings. The third-order valence-electron chi connectivity index (χ3n) is 4.08. The number of likely N-dealkylation sites (N-methyl/N-ethyl adjacent to an activating group) is 1. The number of nitrogens with zero attached hydrogens (tertiary/aromatic N) is 1. The van der Waals surface area contributed by atoms with E-state index in [2.05, 4.69) is 4.72 Å². The van der Waals surface area contributed by atoms with Crippen molar-refractivity contribution in [2.24, 2.45) is 0 Å². The van der Waals surface area contributed by atoms with Gasteiger partial charge in [0.2, 0.25) is 10.0 Å². The van der Waals surface area contributed by atoms with Crippen LogP contribution in [-0.2, 0) is 24.3 Å². The molecule has 0 radical (unpaired) electrons. The Balaban J connectivity index is 2.07. The Morgan fingerprint density at radius 2 is 1.77 bits per heavy atom. The summed E-state index contributed by atoms with van der Waals surface area (Å²) in [6.07, 6.45) is -1.43. The van der Waals surface area contributed by atoms with Crippen molar-refractivity contribution in [3.8, 4) is 0 Å². The van der Waals surface area contributed by atoms with Crippen molar-refractivity contribution in [1.29, 1.82) is 0 Å². The molecule has 1 amide bonds. The second-order valence-corrected chi connectivity index (χ2v) is 8.84. The highest BCUT2D eigenvalue weighted by Gasteiger charge is 2.31. The van der Waals surface area contributed by atoms with Gasteiger partial charge in [0.05, 0.1) is 21.0 Å². The van der Waals surface area contributed by atoms with Crippen LogP contribution < -0.4 is 9.62 Å². The van der Waals surface area contributed by atoms with Crippen LogP contribution in [0.2, 0.25) is 10.0 Å². The number of aliphatic hydroxyl groups is 1. The highest BCUT2D eigenvalue weighted by molar-refractivity contribution is 7.89. The molecule has 2 aromatic carbocycles. The fraction of sp³-hybridized carbons (Fsp3) is 0.263. The van der Waals surface area contributed by atoms with Crippen molar-refractivity contribution in [2.45, 2.75) is 24.0 Å². The van der Waals surface area contributed by atoms with Crippen molar-refractivity contribution in [3.05, 3.63) is 58.6 Å². The lowest BCUT2D eigenvalue weighted by atomic mass is 10.2. The molecule has 162 valence electrons. The van der Waals surface area contributed by atoms with E-state index in [4.69, 9.17) is 27.9 Å². The second kappa shape index (κ2) is 10.2. The lowest BCUT2D eigenvalue weighted by Crippen LogP contribution is -2.49. The van der Waals surface area contributed by atoms with Gasteiger partial charge in [-0.2, -0.15) is 4.72 Å². The van der Waals surface area contributed by atoms with E-state index >= 15 is 0 Å². The summed E-state index contributed by atoms with van der Waals surface area (Å²) in [6.45, 7) is 0.573. The van der Waals surface area contributed by atoms with Gasteiger partial charge in [0.15, 0.2) is 6.61 Å². The van der Waals surface area contributed by atoms with Crippen LogP contribution in [0.1, 0.15) is 6.92 Å². The summed E-state index contributed by atoms with van der Waals surface area (Å²) in [6, 6.07) is 10.6. The summed E-state index contributed by atoms with van der Waals surface area (Å²) in [5, 5.41) is 10.0. The Kier molecular flexibility index (Phi) is 8.22. The normalized spacial score (nSPS) is 13.4. The van der Waals surface area contributed by atoms with Crippen molar-refractivity contribution in [2.75, 3.05) is 18.6 Å². The molecule has 2 atom stereocenters. The number of aliphatic hydroxyl groups excluding tert-OH is 1. The number of halogens is 2. The largest absolute Gasteiger partial charge is 0.454 e. The van der Waals surface area contributed by atoms with Gasteiger partial charge >= 0.3 is 5.97 Å². The van der Waals surface area contributed by atoms with Gasteiger partial charge in [-0.1, -0.05) is 41.4 Å². The maximum absolute atomic E-state index is 12.5. The molecule has 2 unspecified atom stereocenters. The van der Waals surface area contributed by atoms with Crippen molar-refractivity contribution >= 4 is 50.8 Å². The quantitative estimate of drug-likeness (QED) is 0.567. The van der Waals surface area contributed by atoms with Gasteiger partial charge in [0.1, 0.15) is 6.04 Å². The second-order valence-electron chi connectivity index (χ2n) is 6.31. The first-order valence-corrected chi connectivity index (χ1v) is 10.9. The summed E-state index contributed by atoms with van der Waals surface area (Å²) in [5.41, 5.74) is 0.589. The highest BCUT2D eigenvalue weighted by atomic mass is 35.5. The Morgan fingerprint density at radius 3 is 2.33 bits per heavy atom. The summed E-state index contributed by atoms with van der Waals surface area (Å²) in [4.78, 5) is 25.6. The number of amides is 1. The Bertz CT molecular complexity index is 1010. The van der Waals surface area contributed by atoms with Crippen LogP contribution in [0.5, 0.6) is 0 Å². The number of para-hydroxylation sites is 1. The van der Waals surface area contributed by atoms with Crippen LogP contribution in [0.25, 0.3) is 0 Å². The molecular weight excluding hydrogens is 455 g/mol. The lowest BCUT2D eigenvalue weighted by molar-refractivity contribution is -0.151. The fourth-order valence-electron chi connectivity index (χ4n) is 2.34. The number of hydrogen-bond acceptors (Lipinski definition) is 6. The molecule has 0 heterocycles. The van der Waals surface area contributed by atoms with Gasteiger partial charge in [-0.3, -0.25) is 9.59 Å². The first-order chi connectivity index (χ1) is 14.0. The predicted molar refractivity (Wildman–Crippen MR) is 113 cm³/mol. The van der Waals surface area contributed by atoms with E-state index in [9.17, 15) is 23.1 Å². The summed E-state index contributed by atoms with van der Waals surface area (Å²) < 4.78 is 32.1. The number of nitrogens with one attached hydrogen (secondary N) is 1. The predicted octanol–water partition coefficient (Wildman–Crippen LogP) is 2.23. The summed E-state index contributed by atoms with van der Waals surface area (Å²) >= 11 is 11.6. The van der Waals surface area contributed by atoms with Gasteiger partial charge in [0.25, 0.3) is 5.91 Å². The minimum Gasteiger partial charge on any atom is -0.454 e. The molecule has 30 heavy (non-hydrogen) atoms. The zero-order chi connectivity index (χ0) is 22.5. The number of anilines is 1. The third-order valence-corrected chi connectivity index (χ3v) is 6.25. The maximum Gasteiger partial charge on any atom is 0.327 e. The molecule has 0 fully saturated rings. The number of rotatable bonds is 8. The molecular formula is C19H20Cl2N2O6S. The molecule has 0 saturated carbocycles. The number of sulfonamides is 1. The zero-order valence-corrected chi connectivity index (χ0v) is 18.4. The van der Waals surface area contributed by atoms with Gasteiger partial charge < -0.3 is 14.7 Å².